The van der Waals surface area contributed by atoms with Gasteiger partial charge >= 0.3 is 5.97 Å². The molecule has 0 fully saturated rings. The molecule has 4 aromatic carbocycles. The summed E-state index contributed by atoms with van der Waals surface area (Å²) in [5, 5.41) is 12.5. The smallest absolute Gasteiger partial charge is 0.328 e. The second-order valence-electron chi connectivity index (χ2n) is 17.6. The van der Waals surface area contributed by atoms with Crippen LogP contribution in [-0.4, -0.2) is 80.7 Å². The van der Waals surface area contributed by atoms with Gasteiger partial charge in [-0.1, -0.05) is 102 Å². The Morgan fingerprint density at radius 2 is 1.12 bits per heavy atom. The largest absolute Gasteiger partial charge is 0.493 e. The molecule has 0 saturated carbocycles. The summed E-state index contributed by atoms with van der Waals surface area (Å²) in [5.41, 5.74) is 18.5. The molecular weight excluding hydrogens is 811 g/mol. The summed E-state index contributed by atoms with van der Waals surface area (Å²) < 4.78 is 18.4. The first kappa shape index (κ1) is 50.8. The molecule has 0 aromatic heterocycles. The SMILES string of the molecule is CC(C)CCOC(=O)[C@@H](CC(C)C)NC(=O)[C@@H](CCCN=C(N)N)NC(=O)[C@@H](CCCCN)NC(=O)COc1ccc2ccccc2c1-c1c(OCCC(C)C)ccc2ccccc12. The number of amides is 3. The number of nitrogens with zero attached hydrogens (tertiary/aromatic N) is 1. The van der Waals surface area contributed by atoms with Gasteiger partial charge in [-0.05, 0) is 109 Å². The van der Waals surface area contributed by atoms with E-state index in [9.17, 15) is 19.2 Å². The van der Waals surface area contributed by atoms with E-state index in [1.807, 2.05) is 88.4 Å². The molecule has 0 heterocycles. The number of guanidine groups is 1. The van der Waals surface area contributed by atoms with E-state index < -0.39 is 48.4 Å². The Bertz CT molecular complexity index is 2170. The molecule has 0 saturated heterocycles. The van der Waals surface area contributed by atoms with Gasteiger partial charge in [-0.2, -0.15) is 0 Å². The number of aliphatic imine (C=N–C) groups is 1. The lowest BCUT2D eigenvalue weighted by Crippen LogP contribution is -2.56. The lowest BCUT2D eigenvalue weighted by molar-refractivity contribution is -0.149. The molecule has 9 N–H and O–H groups in total. The van der Waals surface area contributed by atoms with Crippen molar-refractivity contribution in [1.82, 2.24) is 16.0 Å². The quantitative estimate of drug-likeness (QED) is 0.0160. The molecule has 3 atom stereocenters. The average molecular weight is 882 g/mol. The fourth-order valence-electron chi connectivity index (χ4n) is 7.30. The van der Waals surface area contributed by atoms with Gasteiger partial charge in [-0.15, -0.1) is 0 Å². The Balaban J connectivity index is 1.60. The molecular formula is C50H71N7O7. The summed E-state index contributed by atoms with van der Waals surface area (Å²) in [6, 6.07) is 20.9. The van der Waals surface area contributed by atoms with Gasteiger partial charge in [-0.25, -0.2) is 4.79 Å². The highest BCUT2D eigenvalue weighted by Gasteiger charge is 2.31. The van der Waals surface area contributed by atoms with Crippen LogP contribution in [0.1, 0.15) is 92.9 Å². The van der Waals surface area contributed by atoms with Gasteiger partial charge in [0.05, 0.1) is 13.2 Å². The molecule has 348 valence electrons. The van der Waals surface area contributed by atoms with Gasteiger partial charge in [0.1, 0.15) is 29.6 Å². The fourth-order valence-corrected chi connectivity index (χ4v) is 7.30. The number of carbonyl (C=O) groups excluding carboxylic acids is 4. The summed E-state index contributed by atoms with van der Waals surface area (Å²) in [6.07, 6.45) is 3.79. The minimum absolute atomic E-state index is 0.0602. The van der Waals surface area contributed by atoms with Crippen LogP contribution in [0.2, 0.25) is 0 Å². The minimum Gasteiger partial charge on any atom is -0.493 e. The van der Waals surface area contributed by atoms with Gasteiger partial charge in [0.15, 0.2) is 12.6 Å². The lowest BCUT2D eigenvalue weighted by atomic mass is 9.92. The number of benzene rings is 4. The van der Waals surface area contributed by atoms with E-state index in [2.05, 4.69) is 46.9 Å². The Morgan fingerprint density at radius 1 is 0.594 bits per heavy atom. The van der Waals surface area contributed by atoms with Crippen LogP contribution >= 0.6 is 0 Å². The molecule has 0 aliphatic rings. The maximum absolute atomic E-state index is 14.1. The number of hydrogen-bond donors (Lipinski definition) is 6. The predicted octanol–water partition coefficient (Wildman–Crippen LogP) is 6.74. The van der Waals surface area contributed by atoms with E-state index in [-0.39, 0.29) is 37.9 Å². The van der Waals surface area contributed by atoms with Crippen molar-refractivity contribution in [3.05, 3.63) is 72.8 Å². The van der Waals surface area contributed by atoms with E-state index >= 15 is 0 Å². The first-order valence-electron chi connectivity index (χ1n) is 22.8. The van der Waals surface area contributed by atoms with Gasteiger partial charge in [0.2, 0.25) is 11.8 Å². The highest BCUT2D eigenvalue weighted by Crippen LogP contribution is 2.45. The van der Waals surface area contributed by atoms with Gasteiger partial charge < -0.3 is 47.4 Å². The summed E-state index contributed by atoms with van der Waals surface area (Å²) in [5.74, 6) is -0.281. The fraction of sp³-hybridized carbons (Fsp3) is 0.500. The van der Waals surface area contributed by atoms with Crippen LogP contribution in [-0.2, 0) is 23.9 Å². The number of rotatable bonds is 27. The molecule has 14 heteroatoms. The number of ether oxygens (including phenoxy) is 3. The van der Waals surface area contributed by atoms with Gasteiger partial charge in [0, 0.05) is 17.7 Å². The topological polar surface area (TPSA) is 222 Å². The maximum atomic E-state index is 14.1. The predicted molar refractivity (Wildman–Crippen MR) is 256 cm³/mol. The zero-order chi connectivity index (χ0) is 46.6. The Labute approximate surface area is 378 Å². The van der Waals surface area contributed by atoms with Crippen LogP contribution in [0.15, 0.2) is 77.8 Å². The summed E-state index contributed by atoms with van der Waals surface area (Å²) in [6.45, 7) is 13.2. The van der Waals surface area contributed by atoms with Crippen molar-refractivity contribution < 1.29 is 33.4 Å². The third-order valence-corrected chi connectivity index (χ3v) is 10.8. The van der Waals surface area contributed by atoms with Crippen LogP contribution in [0.25, 0.3) is 32.7 Å². The van der Waals surface area contributed by atoms with Gasteiger partial charge in [0.25, 0.3) is 5.91 Å². The zero-order valence-electron chi connectivity index (χ0n) is 38.6. The molecule has 0 spiro atoms. The normalized spacial score (nSPS) is 12.8. The minimum atomic E-state index is -1.08. The molecule has 14 nitrogen and oxygen atoms in total. The molecule has 0 unspecified atom stereocenters. The number of nitrogens with two attached hydrogens (primary N) is 3. The zero-order valence-corrected chi connectivity index (χ0v) is 38.6. The molecule has 64 heavy (non-hydrogen) atoms. The van der Waals surface area contributed by atoms with Crippen molar-refractivity contribution >= 4 is 51.2 Å². The number of fused-ring (bicyclic) bond motifs is 2. The van der Waals surface area contributed by atoms with Gasteiger partial charge in [-0.3, -0.25) is 19.4 Å². The third-order valence-electron chi connectivity index (χ3n) is 10.8. The number of hydrogen-bond acceptors (Lipinski definition) is 9. The van der Waals surface area contributed by atoms with Crippen LogP contribution in [0.4, 0.5) is 0 Å². The second kappa shape index (κ2) is 26.0. The standard InChI is InChI=1S/C50H71N7O7/c1-32(2)24-28-62-42-22-20-35-14-7-9-16-37(35)45(42)46-38-17-10-8-15-36(38)21-23-43(46)64-31-44(58)55-39(18-11-12-26-51)47(59)56-40(19-13-27-54-50(52)53)48(60)57-41(30-34(5)6)49(61)63-29-25-33(3)4/h7-10,14-17,20-23,32-34,39-41H,11-13,18-19,24-31,51H2,1-6H3,(H,55,58)(H,56,59)(H,57,60)(H4,52,53,54)/t39-,40-,41-/m1/s1. The van der Waals surface area contributed by atoms with E-state index in [1.54, 1.807) is 0 Å². The second-order valence-corrected chi connectivity index (χ2v) is 17.6. The molecule has 4 rings (SSSR count). The van der Waals surface area contributed by atoms with E-state index in [0.29, 0.717) is 68.6 Å². The van der Waals surface area contributed by atoms with Crippen LogP contribution in [0.5, 0.6) is 11.5 Å². The maximum Gasteiger partial charge on any atom is 0.328 e. The summed E-state index contributed by atoms with van der Waals surface area (Å²) in [7, 11) is 0. The van der Waals surface area contributed by atoms with Crippen molar-refractivity contribution in [2.75, 3.05) is 32.9 Å². The van der Waals surface area contributed by atoms with Crippen LogP contribution in [0, 0.1) is 17.8 Å². The number of esters is 1. The first-order valence-corrected chi connectivity index (χ1v) is 22.8. The Hall–Kier alpha value is -5.89. The van der Waals surface area contributed by atoms with Crippen molar-refractivity contribution in [3.8, 4) is 22.6 Å². The van der Waals surface area contributed by atoms with E-state index in [4.69, 9.17) is 31.4 Å². The highest BCUT2D eigenvalue weighted by molar-refractivity contribution is 6.10. The number of unbranched alkanes of at least 4 members (excludes halogenated alkanes) is 1. The Kier molecular flexibility index (Phi) is 20.6. The molecule has 4 aromatic rings. The van der Waals surface area contributed by atoms with Crippen molar-refractivity contribution in [2.24, 2.45) is 39.9 Å². The molecule has 0 bridgehead atoms. The van der Waals surface area contributed by atoms with Crippen LogP contribution < -0.4 is 42.6 Å². The summed E-state index contributed by atoms with van der Waals surface area (Å²) >= 11 is 0. The highest BCUT2D eigenvalue weighted by atomic mass is 16.5. The number of carbonyl (C=O) groups is 4. The van der Waals surface area contributed by atoms with E-state index in [1.165, 1.54) is 0 Å². The average Bonchev–Trinajstić information content (AvgIpc) is 3.25. The molecule has 0 radical (unpaired) electrons. The van der Waals surface area contributed by atoms with Crippen molar-refractivity contribution in [2.45, 2.75) is 111 Å². The molecule has 3 amide bonds. The third kappa shape index (κ3) is 16.0. The first-order chi connectivity index (χ1) is 30.7. The van der Waals surface area contributed by atoms with Crippen molar-refractivity contribution in [3.63, 3.8) is 0 Å². The van der Waals surface area contributed by atoms with Crippen LogP contribution in [0.3, 0.4) is 0 Å². The molecule has 0 aliphatic heterocycles. The van der Waals surface area contributed by atoms with Crippen molar-refractivity contribution in [1.29, 1.82) is 0 Å². The Morgan fingerprint density at radius 3 is 1.69 bits per heavy atom. The monoisotopic (exact) mass is 882 g/mol. The lowest BCUT2D eigenvalue weighted by Gasteiger charge is -2.26. The molecule has 0 aliphatic carbocycles. The number of nitrogens with one attached hydrogen (secondary N) is 3. The van der Waals surface area contributed by atoms with E-state index in [0.717, 1.165) is 39.1 Å². The summed E-state index contributed by atoms with van der Waals surface area (Å²) in [4.78, 5) is 59.1.